The van der Waals surface area contributed by atoms with Crippen molar-refractivity contribution in [3.63, 3.8) is 0 Å². The minimum absolute atomic E-state index is 0.217. The van der Waals surface area contributed by atoms with Gasteiger partial charge in [-0.15, -0.1) is 11.8 Å². The van der Waals surface area contributed by atoms with Gasteiger partial charge >= 0.3 is 0 Å². The lowest BCUT2D eigenvalue weighted by Crippen LogP contribution is -2.49. The summed E-state index contributed by atoms with van der Waals surface area (Å²) >= 11 is 1.85. The molecule has 0 spiro atoms. The van der Waals surface area contributed by atoms with Crippen molar-refractivity contribution in [2.75, 3.05) is 31.1 Å². The van der Waals surface area contributed by atoms with E-state index in [1.807, 2.05) is 30.5 Å². The molecule has 3 rings (SSSR count). The van der Waals surface area contributed by atoms with Crippen molar-refractivity contribution in [3.05, 3.63) is 41.2 Å². The topological polar surface area (TPSA) is 52.2 Å². The molecule has 0 atom stereocenters. The van der Waals surface area contributed by atoms with Crippen LogP contribution in [-0.4, -0.2) is 52.4 Å². The van der Waals surface area contributed by atoms with Crippen LogP contribution in [0.3, 0.4) is 0 Å². The fourth-order valence-corrected chi connectivity index (χ4v) is 4.27. The van der Waals surface area contributed by atoms with Gasteiger partial charge in [-0.05, 0) is 31.5 Å². The van der Waals surface area contributed by atoms with Crippen LogP contribution in [0.1, 0.15) is 30.8 Å². The number of thioether (sulfide) groups is 1. The molecule has 1 saturated heterocycles. The molecule has 0 saturated carbocycles. The molecule has 1 aromatic carbocycles. The Labute approximate surface area is 160 Å². The second-order valence-electron chi connectivity index (χ2n) is 7.14. The SMILES string of the molecule is Cc1n[nH]c(C)c1N1CCN(C(=O)Cc2ccc(SC(C)C)cc2)CC1. The van der Waals surface area contributed by atoms with E-state index >= 15 is 0 Å². The lowest BCUT2D eigenvalue weighted by atomic mass is 10.1. The molecule has 1 amide bonds. The summed E-state index contributed by atoms with van der Waals surface area (Å²) in [5.41, 5.74) is 4.41. The molecular formula is C20H28N4OS. The third kappa shape index (κ3) is 4.41. The van der Waals surface area contributed by atoms with E-state index in [0.29, 0.717) is 11.7 Å². The molecule has 0 bridgehead atoms. The van der Waals surface area contributed by atoms with Crippen LogP contribution in [0.15, 0.2) is 29.2 Å². The molecule has 1 N–H and O–H groups in total. The first-order valence-corrected chi connectivity index (χ1v) is 10.1. The zero-order valence-electron chi connectivity index (χ0n) is 16.1. The number of rotatable bonds is 5. The van der Waals surface area contributed by atoms with Crippen molar-refractivity contribution in [1.82, 2.24) is 15.1 Å². The Morgan fingerprint density at radius 3 is 2.35 bits per heavy atom. The van der Waals surface area contributed by atoms with E-state index in [2.05, 4.69) is 53.2 Å². The lowest BCUT2D eigenvalue weighted by molar-refractivity contribution is -0.130. The third-order valence-corrected chi connectivity index (χ3v) is 5.70. The first kappa shape index (κ1) is 18.8. The summed E-state index contributed by atoms with van der Waals surface area (Å²) in [5.74, 6) is 0.217. The molecule has 5 nitrogen and oxygen atoms in total. The Hall–Kier alpha value is -1.95. The van der Waals surface area contributed by atoms with Gasteiger partial charge < -0.3 is 9.80 Å². The number of aromatic nitrogens is 2. The van der Waals surface area contributed by atoms with Gasteiger partial charge in [0.25, 0.3) is 0 Å². The number of hydrogen-bond donors (Lipinski definition) is 1. The molecule has 2 heterocycles. The van der Waals surface area contributed by atoms with Crippen molar-refractivity contribution >= 4 is 23.4 Å². The standard InChI is InChI=1S/C20H28N4OS/c1-14(2)26-18-7-5-17(6-8-18)13-19(25)23-9-11-24(12-10-23)20-15(3)21-22-16(20)4/h5-8,14H,9-13H2,1-4H3,(H,21,22). The summed E-state index contributed by atoms with van der Waals surface area (Å²) in [6.07, 6.45) is 0.483. The third-order valence-electron chi connectivity index (χ3n) is 4.69. The van der Waals surface area contributed by atoms with Gasteiger partial charge in [0.15, 0.2) is 0 Å². The predicted octanol–water partition coefficient (Wildman–Crippen LogP) is 3.42. The predicted molar refractivity (Wildman–Crippen MR) is 108 cm³/mol. The Morgan fingerprint density at radius 2 is 1.81 bits per heavy atom. The molecule has 2 aromatic rings. The summed E-state index contributed by atoms with van der Waals surface area (Å²) in [6, 6.07) is 8.40. The van der Waals surface area contributed by atoms with E-state index < -0.39 is 0 Å². The second-order valence-corrected chi connectivity index (χ2v) is 8.79. The molecule has 26 heavy (non-hydrogen) atoms. The Morgan fingerprint density at radius 1 is 1.15 bits per heavy atom. The van der Waals surface area contributed by atoms with Crippen LogP contribution in [0.4, 0.5) is 5.69 Å². The molecule has 1 aliphatic rings. The van der Waals surface area contributed by atoms with Gasteiger partial charge in [-0.2, -0.15) is 5.10 Å². The van der Waals surface area contributed by atoms with Crippen molar-refractivity contribution < 1.29 is 4.79 Å². The van der Waals surface area contributed by atoms with E-state index in [4.69, 9.17) is 0 Å². The minimum Gasteiger partial charge on any atom is -0.365 e. The maximum Gasteiger partial charge on any atom is 0.227 e. The van der Waals surface area contributed by atoms with Gasteiger partial charge in [-0.1, -0.05) is 26.0 Å². The molecule has 0 unspecified atom stereocenters. The maximum absolute atomic E-state index is 12.6. The van der Waals surface area contributed by atoms with Crippen molar-refractivity contribution in [2.45, 2.75) is 44.3 Å². The summed E-state index contributed by atoms with van der Waals surface area (Å²) in [6.45, 7) is 11.7. The summed E-state index contributed by atoms with van der Waals surface area (Å²) in [5, 5.41) is 7.89. The number of carbonyl (C=O) groups excluding carboxylic acids is 1. The highest BCUT2D eigenvalue weighted by Gasteiger charge is 2.24. The monoisotopic (exact) mass is 372 g/mol. The lowest BCUT2D eigenvalue weighted by Gasteiger charge is -2.36. The number of H-pyrrole nitrogens is 1. The van der Waals surface area contributed by atoms with Crippen molar-refractivity contribution in [2.24, 2.45) is 0 Å². The Balaban J connectivity index is 1.54. The van der Waals surface area contributed by atoms with E-state index in [1.54, 1.807) is 0 Å². The normalized spacial score (nSPS) is 15.0. The molecule has 0 radical (unpaired) electrons. The van der Waals surface area contributed by atoms with Gasteiger partial charge in [0.2, 0.25) is 5.91 Å². The fraction of sp³-hybridized carbons (Fsp3) is 0.500. The molecule has 6 heteroatoms. The van der Waals surface area contributed by atoms with Crippen LogP contribution in [0, 0.1) is 13.8 Å². The van der Waals surface area contributed by atoms with Crippen molar-refractivity contribution in [1.29, 1.82) is 0 Å². The Kier molecular flexibility index (Phi) is 5.91. The number of carbonyl (C=O) groups is 1. The van der Waals surface area contributed by atoms with Gasteiger partial charge in [-0.25, -0.2) is 0 Å². The number of nitrogens with zero attached hydrogens (tertiary/aromatic N) is 3. The Bertz CT molecular complexity index is 726. The average Bonchev–Trinajstić information content (AvgIpc) is 2.95. The summed E-state index contributed by atoms with van der Waals surface area (Å²) < 4.78 is 0. The summed E-state index contributed by atoms with van der Waals surface area (Å²) in [4.78, 5) is 18.2. The van der Waals surface area contributed by atoms with Gasteiger partial charge in [0, 0.05) is 36.3 Å². The number of piperazine rings is 1. The number of aromatic amines is 1. The zero-order chi connectivity index (χ0) is 18.7. The van der Waals surface area contributed by atoms with Crippen molar-refractivity contribution in [3.8, 4) is 0 Å². The van der Waals surface area contributed by atoms with Crippen LogP contribution in [0.2, 0.25) is 0 Å². The highest BCUT2D eigenvalue weighted by Crippen LogP contribution is 2.24. The number of anilines is 1. The zero-order valence-corrected chi connectivity index (χ0v) is 16.9. The van der Waals surface area contributed by atoms with Gasteiger partial charge in [0.1, 0.15) is 0 Å². The molecular weight excluding hydrogens is 344 g/mol. The maximum atomic E-state index is 12.6. The minimum atomic E-state index is 0.217. The molecule has 140 valence electrons. The molecule has 1 aromatic heterocycles. The smallest absolute Gasteiger partial charge is 0.227 e. The first-order chi connectivity index (χ1) is 12.4. The number of nitrogens with one attached hydrogen (secondary N) is 1. The summed E-state index contributed by atoms with van der Waals surface area (Å²) in [7, 11) is 0. The van der Waals surface area contributed by atoms with E-state index in [-0.39, 0.29) is 5.91 Å². The van der Waals surface area contributed by atoms with E-state index in [1.165, 1.54) is 10.6 Å². The second kappa shape index (κ2) is 8.16. The van der Waals surface area contributed by atoms with Gasteiger partial charge in [-0.3, -0.25) is 9.89 Å². The van der Waals surface area contributed by atoms with E-state index in [0.717, 1.165) is 43.1 Å². The largest absolute Gasteiger partial charge is 0.365 e. The van der Waals surface area contributed by atoms with E-state index in [9.17, 15) is 4.79 Å². The van der Waals surface area contributed by atoms with Crippen LogP contribution in [0.5, 0.6) is 0 Å². The van der Waals surface area contributed by atoms with Crippen LogP contribution < -0.4 is 4.90 Å². The quantitative estimate of drug-likeness (QED) is 0.817. The molecule has 1 aliphatic heterocycles. The van der Waals surface area contributed by atoms with Gasteiger partial charge in [0.05, 0.1) is 23.5 Å². The van der Waals surface area contributed by atoms with Crippen LogP contribution >= 0.6 is 11.8 Å². The first-order valence-electron chi connectivity index (χ1n) is 9.24. The van der Waals surface area contributed by atoms with Crippen LogP contribution in [0.25, 0.3) is 0 Å². The number of amides is 1. The van der Waals surface area contributed by atoms with Crippen LogP contribution in [-0.2, 0) is 11.2 Å². The molecule has 1 fully saturated rings. The number of aryl methyl sites for hydroxylation is 2. The average molecular weight is 373 g/mol. The molecule has 0 aliphatic carbocycles. The number of hydrogen-bond acceptors (Lipinski definition) is 4. The highest BCUT2D eigenvalue weighted by molar-refractivity contribution is 7.99. The highest BCUT2D eigenvalue weighted by atomic mass is 32.2. The fourth-order valence-electron chi connectivity index (χ4n) is 3.43. The number of benzene rings is 1.